The molecule has 5 nitrogen and oxygen atoms in total. The highest BCUT2D eigenvalue weighted by molar-refractivity contribution is 5.85. The molecule has 0 aliphatic heterocycles. The fraction of sp³-hybridized carbons (Fsp3) is 0.750. The van der Waals surface area contributed by atoms with Crippen LogP contribution >= 0.6 is 12.4 Å². The number of hydrogen-bond donors (Lipinski definition) is 4. The van der Waals surface area contributed by atoms with Gasteiger partial charge in [0, 0.05) is 12.8 Å². The fourth-order valence-corrected chi connectivity index (χ4v) is 0.862. The molecule has 0 fully saturated rings. The highest BCUT2D eigenvalue weighted by Gasteiger charge is 2.26. The van der Waals surface area contributed by atoms with Crippen LogP contribution in [0.25, 0.3) is 0 Å². The Balaban J connectivity index is 0. The van der Waals surface area contributed by atoms with Crippen molar-refractivity contribution in [2.45, 2.75) is 25.3 Å². The van der Waals surface area contributed by atoms with Crippen LogP contribution in [-0.4, -0.2) is 35.9 Å². The molecule has 0 aromatic heterocycles. The number of carbonyl (C=O) groups is 1. The molecule has 1 atom stereocenters. The van der Waals surface area contributed by atoms with Crippen molar-refractivity contribution in [3.63, 3.8) is 0 Å². The Morgan fingerprint density at radius 2 is 2.29 bits per heavy atom. The van der Waals surface area contributed by atoms with Crippen molar-refractivity contribution in [1.29, 1.82) is 5.41 Å². The SMILES string of the molecule is C[C@](N)(CCCNCC=N)C(=O)O.Cl. The lowest BCUT2D eigenvalue weighted by Crippen LogP contribution is -2.45. The quantitative estimate of drug-likeness (QED) is 0.367. The number of halogens is 1. The number of carboxylic acid groups (broad SMARTS) is 1. The van der Waals surface area contributed by atoms with Crippen molar-refractivity contribution in [2.75, 3.05) is 13.1 Å². The first-order valence-corrected chi connectivity index (χ1v) is 4.22. The van der Waals surface area contributed by atoms with E-state index in [1.54, 1.807) is 0 Å². The molecular weight excluding hydrogens is 206 g/mol. The van der Waals surface area contributed by atoms with Crippen LogP contribution in [0.2, 0.25) is 0 Å². The Hall–Kier alpha value is -0.650. The predicted octanol–water partition coefficient (Wildman–Crippen LogP) is 0.230. The predicted molar refractivity (Wildman–Crippen MR) is 58.4 cm³/mol. The van der Waals surface area contributed by atoms with Crippen molar-refractivity contribution < 1.29 is 9.90 Å². The minimum atomic E-state index is -1.13. The van der Waals surface area contributed by atoms with Crippen LogP contribution in [0.4, 0.5) is 0 Å². The molecule has 0 aromatic rings. The lowest BCUT2D eigenvalue weighted by molar-refractivity contribution is -0.142. The summed E-state index contributed by atoms with van der Waals surface area (Å²) in [6, 6.07) is 0. The minimum Gasteiger partial charge on any atom is -0.480 e. The van der Waals surface area contributed by atoms with E-state index in [0.29, 0.717) is 25.9 Å². The highest BCUT2D eigenvalue weighted by atomic mass is 35.5. The molecule has 0 heterocycles. The zero-order valence-electron chi connectivity index (χ0n) is 8.25. The lowest BCUT2D eigenvalue weighted by Gasteiger charge is -2.18. The second-order valence-corrected chi connectivity index (χ2v) is 3.23. The van der Waals surface area contributed by atoms with Crippen LogP contribution in [0.5, 0.6) is 0 Å². The Bertz CT molecular complexity index is 185. The lowest BCUT2D eigenvalue weighted by atomic mass is 9.98. The van der Waals surface area contributed by atoms with Crippen LogP contribution in [0, 0.1) is 5.41 Å². The maximum absolute atomic E-state index is 10.6. The van der Waals surface area contributed by atoms with Gasteiger partial charge in [0.15, 0.2) is 0 Å². The van der Waals surface area contributed by atoms with E-state index in [1.165, 1.54) is 13.1 Å². The highest BCUT2D eigenvalue weighted by Crippen LogP contribution is 2.07. The van der Waals surface area contributed by atoms with Gasteiger partial charge in [-0.05, 0) is 26.3 Å². The van der Waals surface area contributed by atoms with E-state index >= 15 is 0 Å². The monoisotopic (exact) mass is 223 g/mol. The summed E-state index contributed by atoms with van der Waals surface area (Å²) in [7, 11) is 0. The number of nitrogens with two attached hydrogens (primary N) is 1. The molecule has 0 rings (SSSR count). The van der Waals surface area contributed by atoms with Gasteiger partial charge < -0.3 is 21.6 Å². The normalized spacial score (nSPS) is 13.9. The molecule has 0 unspecified atom stereocenters. The Kier molecular flexibility index (Phi) is 8.72. The van der Waals surface area contributed by atoms with Crippen molar-refractivity contribution in [2.24, 2.45) is 5.73 Å². The summed E-state index contributed by atoms with van der Waals surface area (Å²) in [6.45, 7) is 2.72. The largest absolute Gasteiger partial charge is 0.480 e. The van der Waals surface area contributed by atoms with Crippen LogP contribution in [0.1, 0.15) is 19.8 Å². The van der Waals surface area contributed by atoms with Gasteiger partial charge in [0.1, 0.15) is 5.54 Å². The van der Waals surface area contributed by atoms with Crippen molar-refractivity contribution in [3.05, 3.63) is 0 Å². The third-order valence-electron chi connectivity index (χ3n) is 1.78. The number of carboxylic acids is 1. The van der Waals surface area contributed by atoms with E-state index in [2.05, 4.69) is 5.32 Å². The Morgan fingerprint density at radius 1 is 1.71 bits per heavy atom. The fourth-order valence-electron chi connectivity index (χ4n) is 0.862. The van der Waals surface area contributed by atoms with E-state index in [0.717, 1.165) is 0 Å². The third kappa shape index (κ3) is 6.82. The maximum Gasteiger partial charge on any atom is 0.323 e. The molecule has 84 valence electrons. The van der Waals surface area contributed by atoms with Crippen LogP contribution in [0.3, 0.4) is 0 Å². The Labute approximate surface area is 90.0 Å². The third-order valence-corrected chi connectivity index (χ3v) is 1.78. The first kappa shape index (κ1) is 15.8. The van der Waals surface area contributed by atoms with Crippen molar-refractivity contribution in [1.82, 2.24) is 5.32 Å². The Morgan fingerprint density at radius 3 is 2.71 bits per heavy atom. The molecule has 0 radical (unpaired) electrons. The van der Waals surface area contributed by atoms with Gasteiger partial charge in [0.2, 0.25) is 0 Å². The summed E-state index contributed by atoms with van der Waals surface area (Å²) in [5, 5.41) is 18.3. The molecule has 0 aliphatic carbocycles. The van der Waals surface area contributed by atoms with Gasteiger partial charge in [-0.15, -0.1) is 12.4 Å². The number of nitrogens with one attached hydrogen (secondary N) is 2. The summed E-state index contributed by atoms with van der Waals surface area (Å²) < 4.78 is 0. The molecular formula is C8H18ClN3O2. The molecule has 0 spiro atoms. The van der Waals surface area contributed by atoms with Gasteiger partial charge in [-0.25, -0.2) is 0 Å². The van der Waals surface area contributed by atoms with E-state index < -0.39 is 11.5 Å². The van der Waals surface area contributed by atoms with E-state index in [-0.39, 0.29) is 12.4 Å². The number of aliphatic carboxylic acids is 1. The van der Waals surface area contributed by atoms with Crippen molar-refractivity contribution >= 4 is 24.6 Å². The van der Waals surface area contributed by atoms with Crippen molar-refractivity contribution in [3.8, 4) is 0 Å². The molecule has 0 aliphatic rings. The van der Waals surface area contributed by atoms with Gasteiger partial charge in [-0.2, -0.15) is 0 Å². The van der Waals surface area contributed by atoms with Crippen LogP contribution in [-0.2, 0) is 4.79 Å². The van der Waals surface area contributed by atoms with E-state index in [4.69, 9.17) is 16.2 Å². The van der Waals surface area contributed by atoms with E-state index in [9.17, 15) is 4.79 Å². The minimum absolute atomic E-state index is 0. The maximum atomic E-state index is 10.6. The summed E-state index contributed by atoms with van der Waals surface area (Å²) in [4.78, 5) is 10.6. The number of hydrogen-bond acceptors (Lipinski definition) is 4. The molecule has 14 heavy (non-hydrogen) atoms. The zero-order valence-corrected chi connectivity index (χ0v) is 9.06. The molecule has 0 saturated heterocycles. The van der Waals surface area contributed by atoms with Gasteiger partial charge >= 0.3 is 5.97 Å². The van der Waals surface area contributed by atoms with Gasteiger partial charge in [-0.1, -0.05) is 0 Å². The van der Waals surface area contributed by atoms with Gasteiger partial charge in [0.25, 0.3) is 0 Å². The molecule has 0 amide bonds. The van der Waals surface area contributed by atoms with Crippen LogP contribution in [0.15, 0.2) is 0 Å². The van der Waals surface area contributed by atoms with Crippen LogP contribution < -0.4 is 11.1 Å². The van der Waals surface area contributed by atoms with Gasteiger partial charge in [-0.3, -0.25) is 4.79 Å². The molecule has 5 N–H and O–H groups in total. The number of rotatable bonds is 7. The first-order valence-electron chi connectivity index (χ1n) is 4.22. The molecule has 0 bridgehead atoms. The zero-order chi connectivity index (χ0) is 10.3. The summed E-state index contributed by atoms with van der Waals surface area (Å²) in [6.07, 6.45) is 2.40. The topological polar surface area (TPSA) is 99.2 Å². The standard InChI is InChI=1S/C8H17N3O2.ClH/c1-8(10,7(12)13)3-2-5-11-6-4-9;/h4,9,11H,2-3,5-6,10H2,1H3,(H,12,13);1H/t8-;/m0./s1. The average Bonchev–Trinajstić information content (AvgIpc) is 2.03. The molecule has 6 heteroatoms. The second-order valence-electron chi connectivity index (χ2n) is 3.23. The second kappa shape index (κ2) is 7.73. The van der Waals surface area contributed by atoms with E-state index in [1.807, 2.05) is 0 Å². The van der Waals surface area contributed by atoms with Gasteiger partial charge in [0.05, 0.1) is 0 Å². The summed E-state index contributed by atoms with van der Waals surface area (Å²) in [5.74, 6) is -0.973. The first-order chi connectivity index (χ1) is 6.00. The summed E-state index contributed by atoms with van der Waals surface area (Å²) >= 11 is 0. The molecule has 0 saturated carbocycles. The smallest absolute Gasteiger partial charge is 0.323 e. The average molecular weight is 224 g/mol. The summed E-state index contributed by atoms with van der Waals surface area (Å²) in [5.41, 5.74) is 4.37. The molecule has 0 aromatic carbocycles.